The Labute approximate surface area is 170 Å². The number of hydrogen-bond acceptors (Lipinski definition) is 3. The summed E-state index contributed by atoms with van der Waals surface area (Å²) in [4.78, 5) is 27.3. The third-order valence-electron chi connectivity index (χ3n) is 4.33. The van der Waals surface area contributed by atoms with E-state index in [0.717, 1.165) is 15.7 Å². The van der Waals surface area contributed by atoms with Crippen LogP contribution in [0.5, 0.6) is 5.75 Å². The van der Waals surface area contributed by atoms with Crippen LogP contribution < -0.4 is 10.1 Å². The lowest BCUT2D eigenvalue weighted by Gasteiger charge is -2.24. The third-order valence-corrected chi connectivity index (χ3v) is 5.51. The van der Waals surface area contributed by atoms with Gasteiger partial charge in [-0.3, -0.25) is 9.59 Å². The number of rotatable bonds is 4. The van der Waals surface area contributed by atoms with Crippen molar-refractivity contribution >= 4 is 51.7 Å². The van der Waals surface area contributed by atoms with Crippen molar-refractivity contribution in [1.29, 1.82) is 0 Å². The first-order valence-corrected chi connectivity index (χ1v) is 9.66. The largest absolute Gasteiger partial charge is 0.497 e. The van der Waals surface area contributed by atoms with Crippen molar-refractivity contribution in [2.75, 3.05) is 19.0 Å². The highest BCUT2D eigenvalue weighted by molar-refractivity contribution is 14.1. The molecule has 0 bridgehead atoms. The van der Waals surface area contributed by atoms with Gasteiger partial charge >= 0.3 is 0 Å². The second-order valence-electron chi connectivity index (χ2n) is 6.00. The molecule has 3 rings (SSSR count). The molecule has 5 nitrogen and oxygen atoms in total. The van der Waals surface area contributed by atoms with E-state index in [9.17, 15) is 9.59 Å². The first-order chi connectivity index (χ1) is 12.5. The highest BCUT2D eigenvalue weighted by Gasteiger charge is 2.35. The van der Waals surface area contributed by atoms with Gasteiger partial charge in [-0.15, -0.1) is 0 Å². The number of amides is 2. The molecule has 136 valence electrons. The summed E-state index contributed by atoms with van der Waals surface area (Å²) in [5.74, 6) is 0.374. The maximum atomic E-state index is 12.9. The van der Waals surface area contributed by atoms with Crippen LogP contribution in [0, 0.1) is 3.57 Å². The van der Waals surface area contributed by atoms with Crippen LogP contribution in [-0.4, -0.2) is 36.4 Å². The molecule has 1 aliphatic rings. The Morgan fingerprint density at radius 1 is 1.23 bits per heavy atom. The predicted octanol–water partition coefficient (Wildman–Crippen LogP) is 4.20. The molecule has 7 heteroatoms. The van der Waals surface area contributed by atoms with E-state index in [4.69, 9.17) is 16.3 Å². The molecule has 1 aliphatic heterocycles. The summed E-state index contributed by atoms with van der Waals surface area (Å²) in [5, 5.41) is 3.39. The summed E-state index contributed by atoms with van der Waals surface area (Å²) in [6.07, 6.45) is 1.44. The number of ether oxygens (including phenoxy) is 1. The van der Waals surface area contributed by atoms with Gasteiger partial charge in [0.05, 0.1) is 12.7 Å². The zero-order valence-electron chi connectivity index (χ0n) is 14.2. The van der Waals surface area contributed by atoms with Crippen LogP contribution >= 0.6 is 34.2 Å². The van der Waals surface area contributed by atoms with Gasteiger partial charge in [0.2, 0.25) is 5.91 Å². The Morgan fingerprint density at radius 3 is 2.65 bits per heavy atom. The molecule has 1 unspecified atom stereocenters. The number of nitrogens with zero attached hydrogens (tertiary/aromatic N) is 1. The van der Waals surface area contributed by atoms with E-state index in [1.807, 2.05) is 0 Å². The lowest BCUT2D eigenvalue weighted by atomic mass is 10.1. The van der Waals surface area contributed by atoms with Crippen molar-refractivity contribution in [3.05, 3.63) is 56.6 Å². The van der Waals surface area contributed by atoms with Crippen molar-refractivity contribution in [2.45, 2.75) is 18.9 Å². The van der Waals surface area contributed by atoms with Gasteiger partial charge in [0.15, 0.2) is 0 Å². The molecular weight excluding hydrogens is 467 g/mol. The number of hydrogen-bond donors (Lipinski definition) is 1. The monoisotopic (exact) mass is 484 g/mol. The van der Waals surface area contributed by atoms with Crippen LogP contribution in [0.15, 0.2) is 42.5 Å². The molecule has 0 aromatic heterocycles. The standard InChI is InChI=1S/C19H18ClIN2O3/c1-26-14-7-5-13(6-8-14)22-18(24)17-3-2-10-23(17)19(25)15-11-12(20)4-9-16(15)21/h4-9,11,17H,2-3,10H2,1H3,(H,22,24). The van der Waals surface area contributed by atoms with Gasteiger partial charge in [-0.1, -0.05) is 11.6 Å². The molecule has 1 atom stereocenters. The van der Waals surface area contributed by atoms with E-state index < -0.39 is 6.04 Å². The SMILES string of the molecule is COc1ccc(NC(=O)C2CCCN2C(=O)c2cc(Cl)ccc2I)cc1. The van der Waals surface area contributed by atoms with Crippen molar-refractivity contribution < 1.29 is 14.3 Å². The number of likely N-dealkylation sites (tertiary alicyclic amines) is 1. The molecule has 26 heavy (non-hydrogen) atoms. The molecule has 1 N–H and O–H groups in total. The van der Waals surface area contributed by atoms with E-state index in [2.05, 4.69) is 27.9 Å². The fourth-order valence-corrected chi connectivity index (χ4v) is 3.74. The number of anilines is 1. The van der Waals surface area contributed by atoms with Gasteiger partial charge in [-0.05, 0) is 77.9 Å². The Morgan fingerprint density at radius 2 is 1.96 bits per heavy atom. The summed E-state index contributed by atoms with van der Waals surface area (Å²) < 4.78 is 5.93. The lowest BCUT2D eigenvalue weighted by molar-refractivity contribution is -0.119. The highest BCUT2D eigenvalue weighted by atomic mass is 127. The van der Waals surface area contributed by atoms with Crippen LogP contribution in [0.25, 0.3) is 0 Å². The van der Waals surface area contributed by atoms with Crippen LogP contribution in [0.4, 0.5) is 5.69 Å². The van der Waals surface area contributed by atoms with Crippen LogP contribution in [0.2, 0.25) is 5.02 Å². The molecule has 0 aliphatic carbocycles. The summed E-state index contributed by atoms with van der Waals surface area (Å²) >= 11 is 8.14. The number of nitrogens with one attached hydrogen (secondary N) is 1. The van der Waals surface area contributed by atoms with Gasteiger partial charge in [0, 0.05) is 20.8 Å². The molecule has 2 amide bonds. The molecule has 1 heterocycles. The second-order valence-corrected chi connectivity index (χ2v) is 7.60. The van der Waals surface area contributed by atoms with E-state index in [1.165, 1.54) is 0 Å². The van der Waals surface area contributed by atoms with Gasteiger partial charge in [-0.25, -0.2) is 0 Å². The van der Waals surface area contributed by atoms with E-state index in [0.29, 0.717) is 29.2 Å². The number of carbonyl (C=O) groups is 2. The topological polar surface area (TPSA) is 58.6 Å². The van der Waals surface area contributed by atoms with Gasteiger partial charge in [0.25, 0.3) is 5.91 Å². The van der Waals surface area contributed by atoms with E-state index >= 15 is 0 Å². The van der Waals surface area contributed by atoms with Gasteiger partial charge in [-0.2, -0.15) is 0 Å². The molecule has 1 fully saturated rings. The van der Waals surface area contributed by atoms with Gasteiger partial charge < -0.3 is 15.0 Å². The normalized spacial score (nSPS) is 16.4. The number of benzene rings is 2. The number of halogens is 2. The maximum Gasteiger partial charge on any atom is 0.255 e. The molecule has 2 aromatic rings. The Balaban J connectivity index is 1.75. The first-order valence-electron chi connectivity index (χ1n) is 8.20. The summed E-state index contributed by atoms with van der Waals surface area (Å²) in [6.45, 7) is 0.558. The fourth-order valence-electron chi connectivity index (χ4n) is 3.00. The van der Waals surface area contributed by atoms with E-state index in [-0.39, 0.29) is 11.8 Å². The molecular formula is C19H18ClIN2O3. The Kier molecular flexibility index (Phi) is 6.03. The summed E-state index contributed by atoms with van der Waals surface area (Å²) in [5.41, 5.74) is 1.20. The Bertz CT molecular complexity index is 826. The first kappa shape index (κ1) is 19.0. The molecule has 0 saturated carbocycles. The molecule has 2 aromatic carbocycles. The highest BCUT2D eigenvalue weighted by Crippen LogP contribution is 2.26. The van der Waals surface area contributed by atoms with Crippen LogP contribution in [-0.2, 0) is 4.79 Å². The summed E-state index contributed by atoms with van der Waals surface area (Å²) in [6, 6.07) is 11.8. The van der Waals surface area contributed by atoms with Crippen LogP contribution in [0.3, 0.4) is 0 Å². The second kappa shape index (κ2) is 8.26. The average molecular weight is 485 g/mol. The van der Waals surface area contributed by atoms with Crippen molar-refractivity contribution in [3.63, 3.8) is 0 Å². The smallest absolute Gasteiger partial charge is 0.255 e. The zero-order valence-corrected chi connectivity index (χ0v) is 17.1. The van der Waals surface area contributed by atoms with Crippen molar-refractivity contribution in [3.8, 4) is 5.75 Å². The third kappa shape index (κ3) is 4.12. The Hall–Kier alpha value is -1.80. The predicted molar refractivity (Wildman–Crippen MR) is 110 cm³/mol. The molecule has 0 spiro atoms. The minimum Gasteiger partial charge on any atom is -0.497 e. The quantitative estimate of drug-likeness (QED) is 0.662. The van der Waals surface area contributed by atoms with Crippen LogP contribution in [0.1, 0.15) is 23.2 Å². The number of carbonyl (C=O) groups excluding carboxylic acids is 2. The van der Waals surface area contributed by atoms with Crippen molar-refractivity contribution in [2.24, 2.45) is 0 Å². The zero-order chi connectivity index (χ0) is 18.7. The van der Waals surface area contributed by atoms with E-state index in [1.54, 1.807) is 54.5 Å². The molecule has 1 saturated heterocycles. The minimum absolute atomic E-state index is 0.163. The fraction of sp³-hybridized carbons (Fsp3) is 0.263. The molecule has 0 radical (unpaired) electrons. The maximum absolute atomic E-state index is 12.9. The van der Waals surface area contributed by atoms with Gasteiger partial charge in [0.1, 0.15) is 11.8 Å². The lowest BCUT2D eigenvalue weighted by Crippen LogP contribution is -2.43. The van der Waals surface area contributed by atoms with Crippen molar-refractivity contribution in [1.82, 2.24) is 4.90 Å². The summed E-state index contributed by atoms with van der Waals surface area (Å²) in [7, 11) is 1.59. The number of methoxy groups -OCH3 is 1. The minimum atomic E-state index is -0.487. The average Bonchev–Trinajstić information content (AvgIpc) is 3.13.